The van der Waals surface area contributed by atoms with E-state index in [1.165, 1.54) is 0 Å². The van der Waals surface area contributed by atoms with Gasteiger partial charge in [0, 0.05) is 18.0 Å². The van der Waals surface area contributed by atoms with Gasteiger partial charge in [0.2, 0.25) is 0 Å². The third-order valence-electron chi connectivity index (χ3n) is 1.63. The summed E-state index contributed by atoms with van der Waals surface area (Å²) in [6, 6.07) is 3.34. The van der Waals surface area contributed by atoms with E-state index < -0.39 is 5.91 Å². The number of primary amides is 1. The Balaban J connectivity index is 2.98. The van der Waals surface area contributed by atoms with Crippen LogP contribution in [0.25, 0.3) is 0 Å². The Morgan fingerprint density at radius 3 is 3.00 bits per heavy atom. The number of hydrogen-bond acceptors (Lipinski definition) is 2. The molecule has 70 valence electrons. The molecular weight excluding hydrogens is 188 g/mol. The molecule has 13 heavy (non-hydrogen) atoms. The highest BCUT2D eigenvalue weighted by Crippen LogP contribution is 2.09. The smallest absolute Gasteiger partial charge is 0.250 e. The minimum Gasteiger partial charge on any atom is -0.366 e. The fourth-order valence-electron chi connectivity index (χ4n) is 1.09. The quantitative estimate of drug-likeness (QED) is 0.746. The maximum absolute atomic E-state index is 10.9. The van der Waals surface area contributed by atoms with E-state index in [1.807, 2.05) is 6.92 Å². The predicted octanol–water partition coefficient (Wildman–Crippen LogP) is 1.35. The number of carbonyl (C=O) groups is 1. The van der Waals surface area contributed by atoms with Crippen LogP contribution in [-0.4, -0.2) is 16.3 Å². The van der Waals surface area contributed by atoms with Crippen molar-refractivity contribution in [3.8, 4) is 0 Å². The van der Waals surface area contributed by atoms with Gasteiger partial charge in [0.15, 0.2) is 0 Å². The van der Waals surface area contributed by atoms with Crippen LogP contribution in [0.5, 0.6) is 0 Å². The molecule has 1 aromatic heterocycles. The second kappa shape index (κ2) is 4.23. The van der Waals surface area contributed by atoms with Gasteiger partial charge >= 0.3 is 0 Å². The first-order valence-corrected chi connectivity index (χ1v) is 4.42. The van der Waals surface area contributed by atoms with E-state index in [0.717, 1.165) is 0 Å². The van der Waals surface area contributed by atoms with E-state index in [1.54, 1.807) is 18.3 Å². The number of nitrogens with zero attached hydrogens (tertiary/aromatic N) is 1. The molecule has 0 spiro atoms. The summed E-state index contributed by atoms with van der Waals surface area (Å²) in [5.74, 6) is -0.458. The van der Waals surface area contributed by atoms with Crippen LogP contribution in [0.3, 0.4) is 0 Å². The average molecular weight is 199 g/mol. The molecule has 1 atom stereocenters. The van der Waals surface area contributed by atoms with Gasteiger partial charge in [-0.15, -0.1) is 11.6 Å². The Morgan fingerprint density at radius 1 is 1.77 bits per heavy atom. The Labute approximate surface area is 81.9 Å². The van der Waals surface area contributed by atoms with Crippen LogP contribution in [0.1, 0.15) is 23.0 Å². The van der Waals surface area contributed by atoms with E-state index in [-0.39, 0.29) is 5.38 Å². The number of aromatic nitrogens is 1. The third kappa shape index (κ3) is 2.70. The molecule has 1 aromatic rings. The predicted molar refractivity (Wildman–Crippen MR) is 51.8 cm³/mol. The Kier molecular flexibility index (Phi) is 3.25. The summed E-state index contributed by atoms with van der Waals surface area (Å²) in [4.78, 5) is 15.0. The molecule has 0 aromatic carbocycles. The van der Waals surface area contributed by atoms with Gasteiger partial charge in [0.05, 0.1) is 11.3 Å². The SMILES string of the molecule is CC(Cl)Cc1ncccc1C(N)=O. The summed E-state index contributed by atoms with van der Waals surface area (Å²) >= 11 is 5.80. The molecule has 3 nitrogen and oxygen atoms in total. The van der Waals surface area contributed by atoms with Crippen LogP contribution in [0, 0.1) is 0 Å². The summed E-state index contributed by atoms with van der Waals surface area (Å²) in [6.45, 7) is 1.85. The van der Waals surface area contributed by atoms with E-state index in [9.17, 15) is 4.79 Å². The summed E-state index contributed by atoms with van der Waals surface area (Å²) < 4.78 is 0. The van der Waals surface area contributed by atoms with Crippen LogP contribution in [-0.2, 0) is 6.42 Å². The van der Waals surface area contributed by atoms with Gasteiger partial charge in [0.25, 0.3) is 5.91 Å². The second-order valence-corrected chi connectivity index (χ2v) is 3.59. The molecule has 1 unspecified atom stereocenters. The molecule has 1 amide bonds. The highest BCUT2D eigenvalue weighted by molar-refractivity contribution is 6.20. The van der Waals surface area contributed by atoms with E-state index in [2.05, 4.69) is 4.98 Å². The Hall–Kier alpha value is -1.09. The first-order chi connectivity index (χ1) is 6.11. The molecule has 1 rings (SSSR count). The molecule has 2 N–H and O–H groups in total. The highest BCUT2D eigenvalue weighted by Gasteiger charge is 2.10. The Bertz CT molecular complexity index is 312. The van der Waals surface area contributed by atoms with Crippen LogP contribution < -0.4 is 5.73 Å². The van der Waals surface area contributed by atoms with Crippen molar-refractivity contribution in [3.05, 3.63) is 29.6 Å². The molecule has 0 bridgehead atoms. The van der Waals surface area contributed by atoms with Crippen LogP contribution in [0.15, 0.2) is 18.3 Å². The van der Waals surface area contributed by atoms with Gasteiger partial charge in [-0.1, -0.05) is 0 Å². The molecule has 0 saturated carbocycles. The molecule has 0 saturated heterocycles. The van der Waals surface area contributed by atoms with Gasteiger partial charge < -0.3 is 5.73 Å². The largest absolute Gasteiger partial charge is 0.366 e. The number of amides is 1. The van der Waals surface area contributed by atoms with Crippen molar-refractivity contribution in [3.63, 3.8) is 0 Å². The third-order valence-corrected chi connectivity index (χ3v) is 1.78. The van der Waals surface area contributed by atoms with Crippen LogP contribution in [0.2, 0.25) is 0 Å². The zero-order valence-electron chi connectivity index (χ0n) is 7.33. The molecule has 0 radical (unpaired) electrons. The molecule has 0 fully saturated rings. The lowest BCUT2D eigenvalue weighted by atomic mass is 10.1. The molecule has 0 aliphatic carbocycles. The number of alkyl halides is 1. The van der Waals surface area contributed by atoms with Gasteiger partial charge in [-0.2, -0.15) is 0 Å². The van der Waals surface area contributed by atoms with Crippen molar-refractivity contribution in [1.29, 1.82) is 0 Å². The highest BCUT2D eigenvalue weighted by atomic mass is 35.5. The topological polar surface area (TPSA) is 56.0 Å². The fraction of sp³-hybridized carbons (Fsp3) is 0.333. The molecule has 0 aliphatic rings. The lowest BCUT2D eigenvalue weighted by Crippen LogP contribution is -2.16. The second-order valence-electron chi connectivity index (χ2n) is 2.85. The van der Waals surface area contributed by atoms with Gasteiger partial charge in [0.1, 0.15) is 0 Å². The van der Waals surface area contributed by atoms with Crippen molar-refractivity contribution < 1.29 is 4.79 Å². The maximum atomic E-state index is 10.9. The fourth-order valence-corrected chi connectivity index (χ4v) is 1.24. The summed E-state index contributed by atoms with van der Waals surface area (Å²) in [5.41, 5.74) is 6.29. The van der Waals surface area contributed by atoms with Crippen molar-refractivity contribution in [1.82, 2.24) is 4.98 Å². The maximum Gasteiger partial charge on any atom is 0.250 e. The van der Waals surface area contributed by atoms with E-state index >= 15 is 0 Å². The molecule has 1 heterocycles. The van der Waals surface area contributed by atoms with Crippen LogP contribution >= 0.6 is 11.6 Å². The van der Waals surface area contributed by atoms with Crippen LogP contribution in [0.4, 0.5) is 0 Å². The normalized spacial score (nSPS) is 12.5. The van der Waals surface area contributed by atoms with E-state index in [0.29, 0.717) is 17.7 Å². The Morgan fingerprint density at radius 2 is 2.46 bits per heavy atom. The summed E-state index contributed by atoms with van der Waals surface area (Å²) in [6.07, 6.45) is 2.18. The summed E-state index contributed by atoms with van der Waals surface area (Å²) in [5, 5.41) is -0.0481. The number of hydrogen-bond donors (Lipinski definition) is 1. The zero-order chi connectivity index (χ0) is 9.84. The average Bonchev–Trinajstić information content (AvgIpc) is 2.03. The zero-order valence-corrected chi connectivity index (χ0v) is 8.08. The number of carbonyl (C=O) groups excluding carboxylic acids is 1. The standard InChI is InChI=1S/C9H11ClN2O/c1-6(10)5-8-7(9(11)13)3-2-4-12-8/h2-4,6H,5H2,1H3,(H2,11,13). The van der Waals surface area contributed by atoms with Crippen molar-refractivity contribution in [2.75, 3.05) is 0 Å². The van der Waals surface area contributed by atoms with Crippen molar-refractivity contribution >= 4 is 17.5 Å². The minimum absolute atomic E-state index is 0.0481. The van der Waals surface area contributed by atoms with E-state index in [4.69, 9.17) is 17.3 Å². The summed E-state index contributed by atoms with van der Waals surface area (Å²) in [7, 11) is 0. The lowest BCUT2D eigenvalue weighted by Gasteiger charge is -2.05. The molecule has 4 heteroatoms. The van der Waals surface area contributed by atoms with Gasteiger partial charge in [-0.25, -0.2) is 0 Å². The van der Waals surface area contributed by atoms with Gasteiger partial charge in [-0.05, 0) is 19.1 Å². The van der Waals surface area contributed by atoms with Gasteiger partial charge in [-0.3, -0.25) is 9.78 Å². The number of rotatable bonds is 3. The molecular formula is C9H11ClN2O. The lowest BCUT2D eigenvalue weighted by molar-refractivity contribution is 0.0999. The van der Waals surface area contributed by atoms with Crippen molar-refractivity contribution in [2.24, 2.45) is 5.73 Å². The first-order valence-electron chi connectivity index (χ1n) is 3.99. The number of nitrogens with two attached hydrogens (primary N) is 1. The number of pyridine rings is 1. The number of halogens is 1. The van der Waals surface area contributed by atoms with Crippen molar-refractivity contribution in [2.45, 2.75) is 18.7 Å². The minimum atomic E-state index is -0.458. The monoisotopic (exact) mass is 198 g/mol. The first kappa shape index (κ1) is 9.99. The molecule has 0 aliphatic heterocycles.